The Hall–Kier alpha value is -2.68. The number of fused-ring (bicyclic) bond motifs is 1. The third kappa shape index (κ3) is 4.81. The van der Waals surface area contributed by atoms with Gasteiger partial charge in [-0.1, -0.05) is 17.7 Å². The van der Waals surface area contributed by atoms with Crippen LogP contribution in [0, 0.1) is 20.8 Å². The van der Waals surface area contributed by atoms with E-state index in [0.29, 0.717) is 34.6 Å². The number of hydrogen-bond donors (Lipinski definition) is 2. The largest absolute Gasteiger partial charge is 0.494 e. The predicted molar refractivity (Wildman–Crippen MR) is 121 cm³/mol. The van der Waals surface area contributed by atoms with Crippen LogP contribution in [0.1, 0.15) is 29.2 Å². The van der Waals surface area contributed by atoms with Crippen molar-refractivity contribution in [1.82, 2.24) is 9.29 Å². The molecule has 0 unspecified atom stereocenters. The number of nitrogens with zero attached hydrogens (tertiary/aromatic N) is 1. The maximum Gasteiger partial charge on any atom is 0.252 e. The lowest BCUT2D eigenvalue weighted by molar-refractivity contribution is 0.250. The molecule has 0 bridgehead atoms. The van der Waals surface area contributed by atoms with Gasteiger partial charge in [-0.3, -0.25) is 4.79 Å². The second-order valence-corrected chi connectivity index (χ2v) is 9.47. The maximum absolute atomic E-state index is 13.5. The van der Waals surface area contributed by atoms with Crippen molar-refractivity contribution in [3.05, 3.63) is 69.0 Å². The smallest absolute Gasteiger partial charge is 0.252 e. The average molecular weight is 445 g/mol. The second kappa shape index (κ2) is 9.21. The molecular formula is C23H28N2O5S. The Balaban J connectivity index is 2.06. The fraction of sp³-hybridized carbons (Fsp3) is 0.348. The van der Waals surface area contributed by atoms with Gasteiger partial charge in [0.2, 0.25) is 10.0 Å². The molecule has 166 valence electrons. The zero-order valence-electron chi connectivity index (χ0n) is 18.2. The van der Waals surface area contributed by atoms with E-state index >= 15 is 0 Å². The van der Waals surface area contributed by atoms with E-state index in [2.05, 4.69) is 4.98 Å². The molecule has 0 aliphatic heterocycles. The van der Waals surface area contributed by atoms with E-state index in [1.807, 2.05) is 26.0 Å². The number of H-pyrrole nitrogens is 1. The van der Waals surface area contributed by atoms with Crippen molar-refractivity contribution < 1.29 is 18.3 Å². The summed E-state index contributed by atoms with van der Waals surface area (Å²) >= 11 is 0. The molecule has 0 fully saturated rings. The van der Waals surface area contributed by atoms with Crippen LogP contribution in [0.5, 0.6) is 5.75 Å². The van der Waals surface area contributed by atoms with Crippen molar-refractivity contribution in [3.63, 3.8) is 0 Å². The minimum atomic E-state index is -3.93. The van der Waals surface area contributed by atoms with E-state index in [0.717, 1.165) is 15.3 Å². The summed E-state index contributed by atoms with van der Waals surface area (Å²) in [6.07, 6.45) is 0. The molecule has 0 saturated carbocycles. The first-order valence-corrected chi connectivity index (χ1v) is 11.6. The summed E-state index contributed by atoms with van der Waals surface area (Å²) in [7, 11) is -3.93. The van der Waals surface area contributed by atoms with Gasteiger partial charge in [-0.2, -0.15) is 4.31 Å². The molecule has 8 heteroatoms. The number of rotatable bonds is 8. The number of aromatic nitrogens is 1. The zero-order chi connectivity index (χ0) is 22.8. The van der Waals surface area contributed by atoms with Crippen molar-refractivity contribution >= 4 is 20.9 Å². The molecule has 1 heterocycles. The summed E-state index contributed by atoms with van der Waals surface area (Å²) in [6.45, 7) is 7.18. The Bertz CT molecular complexity index is 1240. The molecule has 0 aliphatic rings. The van der Waals surface area contributed by atoms with Gasteiger partial charge in [-0.15, -0.1) is 0 Å². The van der Waals surface area contributed by atoms with Crippen molar-refractivity contribution in [2.24, 2.45) is 0 Å². The van der Waals surface area contributed by atoms with Gasteiger partial charge < -0.3 is 14.8 Å². The Kier molecular flexibility index (Phi) is 6.83. The number of benzene rings is 2. The van der Waals surface area contributed by atoms with Gasteiger partial charge in [-0.25, -0.2) is 8.42 Å². The molecule has 3 rings (SSSR count). The standard InChI is InChI=1S/C23H28N2O5S/c1-5-30-20-6-7-21-18(13-20)12-19(23(27)24-21)14-25(8-9-26)31(28,29)22-16(3)10-15(2)11-17(22)4/h6-7,10-13,26H,5,8-9,14H2,1-4H3,(H,24,27). The van der Waals surface area contributed by atoms with Crippen LogP contribution in [0.3, 0.4) is 0 Å². The maximum atomic E-state index is 13.5. The highest BCUT2D eigenvalue weighted by molar-refractivity contribution is 7.89. The lowest BCUT2D eigenvalue weighted by atomic mass is 10.1. The Morgan fingerprint density at radius 1 is 1.06 bits per heavy atom. The minimum Gasteiger partial charge on any atom is -0.494 e. The zero-order valence-corrected chi connectivity index (χ0v) is 19.0. The molecule has 3 aromatic rings. The molecule has 1 aromatic heterocycles. The molecule has 2 N–H and O–H groups in total. The number of aromatic amines is 1. The fourth-order valence-electron chi connectivity index (χ4n) is 3.89. The van der Waals surface area contributed by atoms with Crippen molar-refractivity contribution in [3.8, 4) is 5.75 Å². The summed E-state index contributed by atoms with van der Waals surface area (Å²) in [5.41, 5.74) is 2.80. The SMILES string of the molecule is CCOc1ccc2[nH]c(=O)c(CN(CCO)S(=O)(=O)c3c(C)cc(C)cc3C)cc2c1. The van der Waals surface area contributed by atoms with Gasteiger partial charge in [0.15, 0.2) is 0 Å². The van der Waals surface area contributed by atoms with Gasteiger partial charge in [0.05, 0.1) is 18.1 Å². The van der Waals surface area contributed by atoms with Crippen LogP contribution < -0.4 is 10.3 Å². The van der Waals surface area contributed by atoms with E-state index in [9.17, 15) is 18.3 Å². The number of nitrogens with one attached hydrogen (secondary N) is 1. The van der Waals surface area contributed by atoms with Crippen LogP contribution in [0.25, 0.3) is 10.9 Å². The highest BCUT2D eigenvalue weighted by Gasteiger charge is 2.28. The van der Waals surface area contributed by atoms with Gasteiger partial charge in [0, 0.05) is 29.6 Å². The third-order valence-electron chi connectivity index (χ3n) is 5.10. The third-order valence-corrected chi connectivity index (χ3v) is 7.25. The second-order valence-electron chi connectivity index (χ2n) is 7.60. The number of aryl methyl sites for hydroxylation is 3. The van der Waals surface area contributed by atoms with Crippen LogP contribution in [0.2, 0.25) is 0 Å². The normalized spacial score (nSPS) is 11.9. The summed E-state index contributed by atoms with van der Waals surface area (Å²) in [5.74, 6) is 0.665. The molecule has 31 heavy (non-hydrogen) atoms. The Labute approximate surface area is 182 Å². The molecule has 0 radical (unpaired) electrons. The van der Waals surface area contributed by atoms with Crippen LogP contribution >= 0.6 is 0 Å². The first kappa shape index (κ1) is 23.0. The summed E-state index contributed by atoms with van der Waals surface area (Å²) in [4.78, 5) is 15.7. The minimum absolute atomic E-state index is 0.119. The molecule has 0 aliphatic carbocycles. The van der Waals surface area contributed by atoms with Crippen molar-refractivity contribution in [2.75, 3.05) is 19.8 Å². The van der Waals surface area contributed by atoms with Gasteiger partial charge >= 0.3 is 0 Å². The fourth-order valence-corrected chi connectivity index (χ4v) is 5.71. The topological polar surface area (TPSA) is 99.7 Å². The molecule has 0 saturated heterocycles. The van der Waals surface area contributed by atoms with E-state index in [1.54, 1.807) is 38.1 Å². The van der Waals surface area contributed by atoms with E-state index in [1.165, 1.54) is 0 Å². The van der Waals surface area contributed by atoms with E-state index < -0.39 is 10.0 Å². The quantitative estimate of drug-likeness (QED) is 0.556. The molecule has 0 spiro atoms. The highest BCUT2D eigenvalue weighted by Crippen LogP contribution is 2.26. The van der Waals surface area contributed by atoms with Crippen LogP contribution in [0.4, 0.5) is 0 Å². The van der Waals surface area contributed by atoms with Crippen molar-refractivity contribution in [2.45, 2.75) is 39.1 Å². The van der Waals surface area contributed by atoms with Crippen LogP contribution in [-0.4, -0.2) is 42.6 Å². The first-order chi connectivity index (χ1) is 14.7. The monoisotopic (exact) mass is 444 g/mol. The van der Waals surface area contributed by atoms with Crippen LogP contribution in [-0.2, 0) is 16.6 Å². The van der Waals surface area contributed by atoms with E-state index in [-0.39, 0.29) is 30.2 Å². The lowest BCUT2D eigenvalue weighted by Gasteiger charge is -2.23. The first-order valence-electron chi connectivity index (χ1n) is 10.1. The summed E-state index contributed by atoms with van der Waals surface area (Å²) < 4.78 is 33.6. The lowest BCUT2D eigenvalue weighted by Crippen LogP contribution is -2.35. The molecule has 7 nitrogen and oxygen atoms in total. The van der Waals surface area contributed by atoms with Gasteiger partial charge in [-0.05, 0) is 63.1 Å². The Morgan fingerprint density at radius 3 is 2.35 bits per heavy atom. The summed E-state index contributed by atoms with van der Waals surface area (Å²) in [5, 5.41) is 10.3. The number of ether oxygens (including phenoxy) is 1. The van der Waals surface area contributed by atoms with E-state index in [4.69, 9.17) is 4.74 Å². The number of hydrogen-bond acceptors (Lipinski definition) is 5. The predicted octanol–water partition coefficient (Wildman–Crippen LogP) is 3.04. The molecule has 2 aromatic carbocycles. The Morgan fingerprint density at radius 2 is 1.74 bits per heavy atom. The molecule has 0 amide bonds. The number of sulfonamides is 1. The molecule has 0 atom stereocenters. The number of pyridine rings is 1. The molecular weight excluding hydrogens is 416 g/mol. The number of aliphatic hydroxyl groups is 1. The summed E-state index contributed by atoms with van der Waals surface area (Å²) in [6, 6.07) is 10.6. The van der Waals surface area contributed by atoms with Gasteiger partial charge in [0.1, 0.15) is 5.75 Å². The van der Waals surface area contributed by atoms with Crippen LogP contribution in [0.15, 0.2) is 46.1 Å². The average Bonchev–Trinajstić information content (AvgIpc) is 2.67. The van der Waals surface area contributed by atoms with Crippen molar-refractivity contribution in [1.29, 1.82) is 0 Å². The number of aliphatic hydroxyl groups excluding tert-OH is 1. The highest BCUT2D eigenvalue weighted by atomic mass is 32.2. The van der Waals surface area contributed by atoms with Gasteiger partial charge in [0.25, 0.3) is 5.56 Å².